The standard InChI is InChI=1S/C15H30O4/c1-3-5-7-9-11-13-17-15(16)19-18-14-12-10-8-6-4-2/h3-14H2,1-2H3. The summed E-state index contributed by atoms with van der Waals surface area (Å²) in [7, 11) is 0. The quantitative estimate of drug-likeness (QED) is 0.205. The fourth-order valence-electron chi connectivity index (χ4n) is 1.74. The van der Waals surface area contributed by atoms with Crippen molar-refractivity contribution < 1.29 is 19.3 Å². The van der Waals surface area contributed by atoms with Crippen molar-refractivity contribution in [3.63, 3.8) is 0 Å². The SMILES string of the molecule is CCCCCCCOOC(=O)OCCCCCCC. The highest BCUT2D eigenvalue weighted by atomic mass is 17.2. The second-order valence-electron chi connectivity index (χ2n) is 4.83. The molecule has 0 aromatic heterocycles. The summed E-state index contributed by atoms with van der Waals surface area (Å²) in [4.78, 5) is 20.4. The van der Waals surface area contributed by atoms with Gasteiger partial charge >= 0.3 is 6.16 Å². The van der Waals surface area contributed by atoms with E-state index < -0.39 is 6.16 Å². The Bertz CT molecular complexity index is 195. The molecule has 4 heteroatoms. The number of rotatable bonds is 13. The molecule has 4 nitrogen and oxygen atoms in total. The first kappa shape index (κ1) is 18.2. The molecule has 0 N–H and O–H groups in total. The van der Waals surface area contributed by atoms with Crippen molar-refractivity contribution in [3.8, 4) is 0 Å². The van der Waals surface area contributed by atoms with Crippen LogP contribution in [0.5, 0.6) is 0 Å². The molecule has 0 aromatic carbocycles. The van der Waals surface area contributed by atoms with E-state index in [4.69, 9.17) is 9.62 Å². The Morgan fingerprint density at radius 1 is 0.737 bits per heavy atom. The van der Waals surface area contributed by atoms with E-state index in [2.05, 4.69) is 18.7 Å². The van der Waals surface area contributed by atoms with Crippen LogP contribution in [0.1, 0.15) is 78.1 Å². The monoisotopic (exact) mass is 274 g/mol. The van der Waals surface area contributed by atoms with Crippen LogP contribution in [0.3, 0.4) is 0 Å². The van der Waals surface area contributed by atoms with Crippen LogP contribution in [-0.2, 0) is 14.5 Å². The van der Waals surface area contributed by atoms with Crippen LogP contribution >= 0.6 is 0 Å². The second kappa shape index (κ2) is 15.3. The third-order valence-corrected chi connectivity index (χ3v) is 2.93. The van der Waals surface area contributed by atoms with E-state index in [-0.39, 0.29) is 0 Å². The number of hydrogen-bond acceptors (Lipinski definition) is 4. The van der Waals surface area contributed by atoms with Gasteiger partial charge in [0.15, 0.2) is 0 Å². The first-order valence-corrected chi connectivity index (χ1v) is 7.77. The van der Waals surface area contributed by atoms with Crippen molar-refractivity contribution in [2.24, 2.45) is 0 Å². The second-order valence-corrected chi connectivity index (χ2v) is 4.83. The molecule has 0 aromatic rings. The lowest BCUT2D eigenvalue weighted by Crippen LogP contribution is -2.09. The molecule has 0 saturated heterocycles. The summed E-state index contributed by atoms with van der Waals surface area (Å²) in [6.45, 7) is 5.23. The van der Waals surface area contributed by atoms with Crippen LogP contribution in [0.2, 0.25) is 0 Å². The molecule has 0 bridgehead atoms. The average molecular weight is 274 g/mol. The van der Waals surface area contributed by atoms with E-state index in [0.29, 0.717) is 13.2 Å². The van der Waals surface area contributed by atoms with Crippen molar-refractivity contribution in [3.05, 3.63) is 0 Å². The van der Waals surface area contributed by atoms with Crippen molar-refractivity contribution in [2.75, 3.05) is 13.2 Å². The van der Waals surface area contributed by atoms with E-state index in [1.165, 1.54) is 38.5 Å². The molecule has 0 rings (SSSR count). The van der Waals surface area contributed by atoms with Gasteiger partial charge in [-0.25, -0.2) is 4.79 Å². The highest BCUT2D eigenvalue weighted by Crippen LogP contribution is 2.04. The Hall–Kier alpha value is -0.770. The molecule has 0 radical (unpaired) electrons. The lowest BCUT2D eigenvalue weighted by Gasteiger charge is -2.05. The highest BCUT2D eigenvalue weighted by Gasteiger charge is 2.04. The Balaban J connectivity index is 3.13. The number of hydrogen-bond donors (Lipinski definition) is 0. The summed E-state index contributed by atoms with van der Waals surface area (Å²) in [5, 5.41) is 0. The van der Waals surface area contributed by atoms with Crippen molar-refractivity contribution >= 4 is 6.16 Å². The summed E-state index contributed by atoms with van der Waals surface area (Å²) in [5.74, 6) is 0. The third kappa shape index (κ3) is 15.2. The van der Waals surface area contributed by atoms with Crippen LogP contribution in [0.25, 0.3) is 0 Å². The fourth-order valence-corrected chi connectivity index (χ4v) is 1.74. The Labute approximate surface area is 117 Å². The van der Waals surface area contributed by atoms with Gasteiger partial charge in [-0.1, -0.05) is 65.2 Å². The summed E-state index contributed by atoms with van der Waals surface area (Å²) >= 11 is 0. The first-order valence-electron chi connectivity index (χ1n) is 7.77. The van der Waals surface area contributed by atoms with Crippen molar-refractivity contribution in [1.29, 1.82) is 0 Å². The van der Waals surface area contributed by atoms with Crippen LogP contribution in [0, 0.1) is 0 Å². The normalized spacial score (nSPS) is 10.4. The Morgan fingerprint density at radius 2 is 1.26 bits per heavy atom. The zero-order valence-corrected chi connectivity index (χ0v) is 12.6. The molecule has 0 atom stereocenters. The predicted octanol–water partition coefficient (Wildman–Crippen LogP) is 5.01. The van der Waals surface area contributed by atoms with Crippen LogP contribution in [-0.4, -0.2) is 19.4 Å². The van der Waals surface area contributed by atoms with E-state index in [9.17, 15) is 4.79 Å². The Morgan fingerprint density at radius 3 is 1.84 bits per heavy atom. The fraction of sp³-hybridized carbons (Fsp3) is 0.933. The van der Waals surface area contributed by atoms with Gasteiger partial charge in [-0.3, -0.25) is 4.89 Å². The van der Waals surface area contributed by atoms with Gasteiger partial charge < -0.3 is 4.74 Å². The summed E-state index contributed by atoms with van der Waals surface area (Å²) in [6.07, 6.45) is 10.7. The number of ether oxygens (including phenoxy) is 1. The van der Waals surface area contributed by atoms with Crippen LogP contribution in [0.15, 0.2) is 0 Å². The minimum Gasteiger partial charge on any atom is -0.432 e. The lowest BCUT2D eigenvalue weighted by atomic mass is 10.2. The molecule has 0 aliphatic carbocycles. The first-order chi connectivity index (χ1) is 9.31. The number of unbranched alkanes of at least 4 members (excludes halogenated alkanes) is 8. The smallest absolute Gasteiger partial charge is 0.432 e. The molecule has 0 fully saturated rings. The van der Waals surface area contributed by atoms with Crippen molar-refractivity contribution in [1.82, 2.24) is 0 Å². The van der Waals surface area contributed by atoms with Crippen LogP contribution in [0.4, 0.5) is 4.79 Å². The van der Waals surface area contributed by atoms with E-state index in [1.54, 1.807) is 0 Å². The number of carbonyl (C=O) groups is 1. The van der Waals surface area contributed by atoms with E-state index in [0.717, 1.165) is 25.7 Å². The molecular formula is C15H30O4. The van der Waals surface area contributed by atoms with Gasteiger partial charge in [-0.05, 0) is 12.8 Å². The Kier molecular flexibility index (Phi) is 14.7. The molecule has 0 saturated carbocycles. The van der Waals surface area contributed by atoms with Gasteiger partial charge in [0.2, 0.25) is 0 Å². The largest absolute Gasteiger partial charge is 0.540 e. The van der Waals surface area contributed by atoms with Gasteiger partial charge in [0, 0.05) is 0 Å². The van der Waals surface area contributed by atoms with Gasteiger partial charge in [0.25, 0.3) is 0 Å². The highest BCUT2D eigenvalue weighted by molar-refractivity contribution is 5.58. The summed E-state index contributed by atoms with van der Waals surface area (Å²) in [5.41, 5.74) is 0. The van der Waals surface area contributed by atoms with Crippen molar-refractivity contribution in [2.45, 2.75) is 78.1 Å². The molecule has 114 valence electrons. The minimum atomic E-state index is -0.718. The summed E-state index contributed by atoms with van der Waals surface area (Å²) < 4.78 is 4.88. The molecule has 0 aliphatic heterocycles. The minimum absolute atomic E-state index is 0.419. The molecule has 0 unspecified atom stereocenters. The molecule has 0 heterocycles. The molecule has 19 heavy (non-hydrogen) atoms. The molecular weight excluding hydrogens is 244 g/mol. The zero-order chi connectivity index (χ0) is 14.2. The maximum absolute atomic E-state index is 11.1. The zero-order valence-electron chi connectivity index (χ0n) is 12.6. The van der Waals surface area contributed by atoms with Gasteiger partial charge in [0.1, 0.15) is 0 Å². The average Bonchev–Trinajstić information content (AvgIpc) is 2.41. The maximum Gasteiger partial charge on any atom is 0.540 e. The van der Waals surface area contributed by atoms with Gasteiger partial charge in [-0.15, -0.1) is 0 Å². The van der Waals surface area contributed by atoms with E-state index >= 15 is 0 Å². The predicted molar refractivity (Wildman–Crippen MR) is 75.9 cm³/mol. The van der Waals surface area contributed by atoms with Gasteiger partial charge in [-0.2, -0.15) is 4.89 Å². The van der Waals surface area contributed by atoms with Gasteiger partial charge in [0.05, 0.1) is 13.2 Å². The lowest BCUT2D eigenvalue weighted by molar-refractivity contribution is -0.255. The van der Waals surface area contributed by atoms with E-state index in [1.807, 2.05) is 0 Å². The van der Waals surface area contributed by atoms with Crippen LogP contribution < -0.4 is 0 Å². The topological polar surface area (TPSA) is 44.8 Å². The maximum atomic E-state index is 11.1. The summed E-state index contributed by atoms with van der Waals surface area (Å²) in [6, 6.07) is 0. The molecule has 0 spiro atoms. The number of carbonyl (C=O) groups excluding carboxylic acids is 1. The molecule has 0 amide bonds. The third-order valence-electron chi connectivity index (χ3n) is 2.93. The molecule has 0 aliphatic rings.